The Morgan fingerprint density at radius 1 is 1.18 bits per heavy atom. The minimum absolute atomic E-state index is 0.155. The summed E-state index contributed by atoms with van der Waals surface area (Å²) in [6.45, 7) is 4.46. The molecule has 0 aliphatic heterocycles. The van der Waals surface area contributed by atoms with E-state index in [-0.39, 0.29) is 18.2 Å². The Morgan fingerprint density at radius 3 is 2.88 bits per heavy atom. The van der Waals surface area contributed by atoms with Gasteiger partial charge in [0.15, 0.2) is 0 Å². The van der Waals surface area contributed by atoms with Gasteiger partial charge in [0, 0.05) is 34.8 Å². The molecule has 0 bridgehead atoms. The van der Waals surface area contributed by atoms with E-state index >= 15 is 0 Å². The van der Waals surface area contributed by atoms with Gasteiger partial charge in [0.1, 0.15) is 10.6 Å². The quantitative estimate of drug-likeness (QED) is 0.420. The highest BCUT2D eigenvalue weighted by Gasteiger charge is 2.27. The topological polar surface area (TPSA) is 84.2 Å². The lowest BCUT2D eigenvalue weighted by Crippen LogP contribution is -2.25. The Hall–Kier alpha value is -3.45. The molecule has 33 heavy (non-hydrogen) atoms. The van der Waals surface area contributed by atoms with Crippen molar-refractivity contribution >= 4 is 39.1 Å². The molecule has 6 nitrogen and oxygen atoms in total. The summed E-state index contributed by atoms with van der Waals surface area (Å²) in [5.41, 5.74) is 6.51. The smallest absolute Gasteiger partial charge is 0.254 e. The highest BCUT2D eigenvalue weighted by atomic mass is 32.1. The number of benzene rings is 1. The number of thiophene rings is 1. The van der Waals surface area contributed by atoms with Gasteiger partial charge in [-0.2, -0.15) is 0 Å². The van der Waals surface area contributed by atoms with Crippen LogP contribution in [0.2, 0.25) is 0 Å². The van der Waals surface area contributed by atoms with E-state index in [1.165, 1.54) is 16.2 Å². The monoisotopic (exact) mass is 459 g/mol. The van der Waals surface area contributed by atoms with Crippen molar-refractivity contribution in [2.45, 2.75) is 46.1 Å². The van der Waals surface area contributed by atoms with Crippen molar-refractivity contribution in [3.63, 3.8) is 0 Å². The molecule has 3 heterocycles. The molecule has 0 unspecified atom stereocenters. The van der Waals surface area contributed by atoms with Gasteiger partial charge in [0.2, 0.25) is 5.91 Å². The second-order valence-corrected chi connectivity index (χ2v) is 9.58. The molecule has 0 spiro atoms. The standard InChI is InChI=1S/C26H25N3O3S/c1-15-8-9-19-18(14-32-24(19)16(15)2)11-22(30)29-26-23(20-6-3-7-21(20)33-26)25(31)28-13-17-5-4-10-27-12-17/h4-5,8-10,12,14H,3,6-7,11,13H2,1-2H3,(H,28,31)(H,29,30). The molecule has 1 aliphatic carbocycles. The fraction of sp³-hybridized carbons (Fsp3) is 0.269. The van der Waals surface area contributed by atoms with Crippen molar-refractivity contribution in [2.75, 3.05) is 5.32 Å². The van der Waals surface area contributed by atoms with Crippen LogP contribution in [-0.2, 0) is 30.6 Å². The lowest BCUT2D eigenvalue weighted by molar-refractivity contribution is -0.115. The fourth-order valence-electron chi connectivity index (χ4n) is 4.38. The first-order valence-corrected chi connectivity index (χ1v) is 11.9. The molecule has 0 radical (unpaired) electrons. The number of fused-ring (bicyclic) bond motifs is 2. The number of aromatic nitrogens is 1. The lowest BCUT2D eigenvalue weighted by atomic mass is 10.0. The molecule has 0 atom stereocenters. The van der Waals surface area contributed by atoms with Crippen molar-refractivity contribution in [1.29, 1.82) is 0 Å². The highest BCUT2D eigenvalue weighted by molar-refractivity contribution is 7.17. The largest absolute Gasteiger partial charge is 0.464 e. The maximum absolute atomic E-state index is 13.1. The maximum atomic E-state index is 13.1. The van der Waals surface area contributed by atoms with E-state index in [0.29, 0.717) is 17.1 Å². The molecular formula is C26H25N3O3S. The molecule has 0 fully saturated rings. The molecule has 3 aromatic heterocycles. The second-order valence-electron chi connectivity index (χ2n) is 8.48. The Balaban J connectivity index is 1.35. The average molecular weight is 460 g/mol. The molecular weight excluding hydrogens is 434 g/mol. The summed E-state index contributed by atoms with van der Waals surface area (Å²) in [6, 6.07) is 7.81. The Kier molecular flexibility index (Phi) is 5.72. The highest BCUT2D eigenvalue weighted by Crippen LogP contribution is 2.39. The number of aryl methyl sites for hydroxylation is 3. The first-order chi connectivity index (χ1) is 16.0. The van der Waals surface area contributed by atoms with Gasteiger partial charge in [-0.3, -0.25) is 14.6 Å². The number of nitrogens with one attached hydrogen (secondary N) is 2. The molecule has 1 aliphatic rings. The van der Waals surface area contributed by atoms with Crippen LogP contribution in [0.3, 0.4) is 0 Å². The van der Waals surface area contributed by atoms with Crippen molar-refractivity contribution in [2.24, 2.45) is 0 Å². The predicted molar refractivity (Wildman–Crippen MR) is 130 cm³/mol. The number of amides is 2. The van der Waals surface area contributed by atoms with Crippen LogP contribution in [0.4, 0.5) is 5.00 Å². The number of carbonyl (C=O) groups is 2. The number of hydrogen-bond donors (Lipinski definition) is 2. The van der Waals surface area contributed by atoms with E-state index in [2.05, 4.69) is 15.6 Å². The molecule has 0 saturated heterocycles. The summed E-state index contributed by atoms with van der Waals surface area (Å²) in [7, 11) is 0. The SMILES string of the molecule is Cc1ccc2c(CC(=O)Nc3sc4c(c3C(=O)NCc3cccnc3)CCC4)coc2c1C. The van der Waals surface area contributed by atoms with Gasteiger partial charge in [-0.05, 0) is 61.4 Å². The zero-order valence-electron chi connectivity index (χ0n) is 18.7. The van der Waals surface area contributed by atoms with Gasteiger partial charge in [-0.15, -0.1) is 11.3 Å². The fourth-order valence-corrected chi connectivity index (χ4v) is 5.68. The Labute approximate surface area is 196 Å². The molecule has 2 amide bonds. The van der Waals surface area contributed by atoms with Crippen LogP contribution < -0.4 is 10.6 Å². The van der Waals surface area contributed by atoms with E-state index in [0.717, 1.165) is 58.0 Å². The molecule has 168 valence electrons. The summed E-state index contributed by atoms with van der Waals surface area (Å²) in [5, 5.41) is 7.59. The van der Waals surface area contributed by atoms with Crippen LogP contribution >= 0.6 is 11.3 Å². The number of rotatable bonds is 6. The first kappa shape index (κ1) is 21.4. The first-order valence-electron chi connectivity index (χ1n) is 11.1. The summed E-state index contributed by atoms with van der Waals surface area (Å²) in [5.74, 6) is -0.314. The minimum Gasteiger partial charge on any atom is -0.464 e. The van der Waals surface area contributed by atoms with Gasteiger partial charge >= 0.3 is 0 Å². The third-order valence-electron chi connectivity index (χ3n) is 6.27. The number of furan rings is 1. The van der Waals surface area contributed by atoms with Crippen molar-refractivity contribution in [1.82, 2.24) is 10.3 Å². The molecule has 7 heteroatoms. The van der Waals surface area contributed by atoms with Gasteiger partial charge in [-0.1, -0.05) is 18.2 Å². The van der Waals surface area contributed by atoms with E-state index < -0.39 is 0 Å². The van der Waals surface area contributed by atoms with Crippen LogP contribution in [0.5, 0.6) is 0 Å². The third-order valence-corrected chi connectivity index (χ3v) is 7.48. The van der Waals surface area contributed by atoms with Crippen LogP contribution in [0.25, 0.3) is 11.0 Å². The summed E-state index contributed by atoms with van der Waals surface area (Å²) in [6.07, 6.45) is 8.14. The van der Waals surface area contributed by atoms with Crippen LogP contribution in [0.1, 0.15) is 49.5 Å². The molecule has 5 rings (SSSR count). The zero-order chi connectivity index (χ0) is 22.9. The Bertz CT molecular complexity index is 1350. The number of hydrogen-bond acceptors (Lipinski definition) is 5. The molecule has 4 aromatic rings. The lowest BCUT2D eigenvalue weighted by Gasteiger charge is -2.09. The predicted octanol–water partition coefficient (Wildman–Crippen LogP) is 5.11. The number of nitrogens with zero attached hydrogens (tertiary/aromatic N) is 1. The van der Waals surface area contributed by atoms with E-state index in [1.54, 1.807) is 18.7 Å². The summed E-state index contributed by atoms with van der Waals surface area (Å²) in [4.78, 5) is 31.4. The van der Waals surface area contributed by atoms with E-state index in [1.807, 2.05) is 38.1 Å². The summed E-state index contributed by atoms with van der Waals surface area (Å²) >= 11 is 1.52. The van der Waals surface area contributed by atoms with Gasteiger partial charge in [0.25, 0.3) is 5.91 Å². The van der Waals surface area contributed by atoms with Gasteiger partial charge < -0.3 is 15.1 Å². The van der Waals surface area contributed by atoms with Gasteiger partial charge in [-0.25, -0.2) is 0 Å². The number of anilines is 1. The van der Waals surface area contributed by atoms with Crippen LogP contribution in [0.15, 0.2) is 47.3 Å². The van der Waals surface area contributed by atoms with E-state index in [9.17, 15) is 9.59 Å². The van der Waals surface area contributed by atoms with Crippen LogP contribution in [-0.4, -0.2) is 16.8 Å². The molecule has 0 saturated carbocycles. The number of carbonyl (C=O) groups excluding carboxylic acids is 2. The van der Waals surface area contributed by atoms with Crippen molar-refractivity contribution in [3.8, 4) is 0 Å². The third kappa shape index (κ3) is 4.16. The minimum atomic E-state index is -0.159. The van der Waals surface area contributed by atoms with E-state index in [4.69, 9.17) is 4.42 Å². The molecule has 2 N–H and O–H groups in total. The second kappa shape index (κ2) is 8.83. The zero-order valence-corrected chi connectivity index (χ0v) is 19.5. The number of pyridine rings is 1. The Morgan fingerprint density at radius 2 is 2.06 bits per heavy atom. The van der Waals surface area contributed by atoms with Gasteiger partial charge in [0.05, 0.1) is 18.2 Å². The van der Waals surface area contributed by atoms with Crippen LogP contribution in [0, 0.1) is 13.8 Å². The average Bonchev–Trinajstić information content (AvgIpc) is 3.50. The normalized spacial score (nSPS) is 12.7. The maximum Gasteiger partial charge on any atom is 0.254 e. The molecule has 1 aromatic carbocycles. The van der Waals surface area contributed by atoms with Crippen molar-refractivity contribution < 1.29 is 14.0 Å². The van der Waals surface area contributed by atoms with Crippen molar-refractivity contribution in [3.05, 3.63) is 81.2 Å². The summed E-state index contributed by atoms with van der Waals surface area (Å²) < 4.78 is 5.75.